The lowest BCUT2D eigenvalue weighted by atomic mass is 9.80. The molecule has 0 atom stereocenters. The number of rotatable bonds is 4. The van der Waals surface area contributed by atoms with Crippen molar-refractivity contribution >= 4 is 12.6 Å². The summed E-state index contributed by atoms with van der Waals surface area (Å²) in [6.07, 6.45) is 0.178. The van der Waals surface area contributed by atoms with Crippen LogP contribution >= 0.6 is 0 Å². The highest BCUT2D eigenvalue weighted by molar-refractivity contribution is 6.58. The molecule has 4 heteroatoms. The molecule has 0 unspecified atom stereocenters. The number of benzene rings is 1. The SMILES string of the molecule is CC(C)OCc1cccc(B(O)O)c1. The second-order valence-corrected chi connectivity index (χ2v) is 3.48. The average Bonchev–Trinajstić information content (AvgIpc) is 2.15. The molecule has 14 heavy (non-hydrogen) atoms. The van der Waals surface area contributed by atoms with E-state index >= 15 is 0 Å². The first kappa shape index (κ1) is 11.2. The smallest absolute Gasteiger partial charge is 0.423 e. The predicted octanol–water partition coefficient (Wildman–Crippen LogP) is 0.291. The fourth-order valence-corrected chi connectivity index (χ4v) is 1.11. The molecule has 0 heterocycles. The van der Waals surface area contributed by atoms with Crippen molar-refractivity contribution in [2.45, 2.75) is 26.6 Å². The van der Waals surface area contributed by atoms with Crippen LogP contribution in [0.2, 0.25) is 0 Å². The average molecular weight is 194 g/mol. The Morgan fingerprint density at radius 2 is 2.07 bits per heavy atom. The molecule has 0 radical (unpaired) electrons. The van der Waals surface area contributed by atoms with E-state index in [1.54, 1.807) is 18.2 Å². The Balaban J connectivity index is 2.64. The summed E-state index contributed by atoms with van der Waals surface area (Å²) in [5.74, 6) is 0. The largest absolute Gasteiger partial charge is 0.488 e. The lowest BCUT2D eigenvalue weighted by Gasteiger charge is -2.08. The highest BCUT2D eigenvalue weighted by atomic mass is 16.5. The van der Waals surface area contributed by atoms with Gasteiger partial charge in [0.25, 0.3) is 0 Å². The van der Waals surface area contributed by atoms with Gasteiger partial charge in [-0.2, -0.15) is 0 Å². The summed E-state index contributed by atoms with van der Waals surface area (Å²) in [5, 5.41) is 17.9. The van der Waals surface area contributed by atoms with Crippen LogP contribution in [-0.4, -0.2) is 23.3 Å². The molecule has 0 aliphatic rings. The van der Waals surface area contributed by atoms with Crippen molar-refractivity contribution < 1.29 is 14.8 Å². The molecule has 1 aromatic carbocycles. The van der Waals surface area contributed by atoms with E-state index in [1.165, 1.54) is 0 Å². The Labute approximate surface area is 84.5 Å². The molecule has 0 saturated carbocycles. The van der Waals surface area contributed by atoms with Crippen molar-refractivity contribution in [3.63, 3.8) is 0 Å². The molecule has 1 rings (SSSR count). The summed E-state index contributed by atoms with van der Waals surface area (Å²) < 4.78 is 5.40. The van der Waals surface area contributed by atoms with E-state index in [2.05, 4.69) is 0 Å². The van der Waals surface area contributed by atoms with Crippen LogP contribution < -0.4 is 5.46 Å². The minimum absolute atomic E-state index is 0.178. The molecule has 76 valence electrons. The quantitative estimate of drug-likeness (QED) is 0.677. The van der Waals surface area contributed by atoms with Crippen LogP contribution in [0.5, 0.6) is 0 Å². The third-order valence-electron chi connectivity index (χ3n) is 1.83. The van der Waals surface area contributed by atoms with Gasteiger partial charge < -0.3 is 14.8 Å². The van der Waals surface area contributed by atoms with Gasteiger partial charge in [0.1, 0.15) is 0 Å². The number of ether oxygens (including phenoxy) is 1. The van der Waals surface area contributed by atoms with Crippen LogP contribution in [0.1, 0.15) is 19.4 Å². The van der Waals surface area contributed by atoms with E-state index in [1.807, 2.05) is 19.9 Å². The van der Waals surface area contributed by atoms with Gasteiger partial charge in [-0.05, 0) is 24.9 Å². The minimum atomic E-state index is -1.41. The van der Waals surface area contributed by atoms with Crippen LogP contribution in [0, 0.1) is 0 Å². The zero-order valence-electron chi connectivity index (χ0n) is 8.47. The van der Waals surface area contributed by atoms with Gasteiger partial charge in [0.2, 0.25) is 0 Å². The van der Waals surface area contributed by atoms with E-state index in [4.69, 9.17) is 14.8 Å². The Bertz CT molecular complexity index is 286. The number of hydrogen-bond acceptors (Lipinski definition) is 3. The Morgan fingerprint density at radius 3 is 2.64 bits per heavy atom. The summed E-state index contributed by atoms with van der Waals surface area (Å²) in [7, 11) is -1.41. The van der Waals surface area contributed by atoms with Crippen molar-refractivity contribution in [2.75, 3.05) is 0 Å². The second kappa shape index (κ2) is 5.15. The Kier molecular flexibility index (Phi) is 4.13. The lowest BCUT2D eigenvalue weighted by Crippen LogP contribution is -2.29. The zero-order valence-corrected chi connectivity index (χ0v) is 8.47. The molecule has 0 aromatic heterocycles. The zero-order chi connectivity index (χ0) is 10.6. The van der Waals surface area contributed by atoms with Gasteiger partial charge in [-0.3, -0.25) is 0 Å². The molecule has 0 amide bonds. The van der Waals surface area contributed by atoms with Crippen molar-refractivity contribution in [1.29, 1.82) is 0 Å². The molecule has 0 aliphatic heterocycles. The molecule has 0 aliphatic carbocycles. The maximum absolute atomic E-state index is 8.94. The third-order valence-corrected chi connectivity index (χ3v) is 1.83. The molecular weight excluding hydrogens is 179 g/mol. The summed E-state index contributed by atoms with van der Waals surface area (Å²) in [5.41, 5.74) is 1.44. The standard InChI is InChI=1S/C10H15BO3/c1-8(2)14-7-9-4-3-5-10(6-9)11(12)13/h3-6,8,12-13H,7H2,1-2H3. The van der Waals surface area contributed by atoms with Gasteiger partial charge >= 0.3 is 7.12 Å². The van der Waals surface area contributed by atoms with Gasteiger partial charge in [-0.1, -0.05) is 24.3 Å². The van der Waals surface area contributed by atoms with Crippen LogP contribution in [-0.2, 0) is 11.3 Å². The topological polar surface area (TPSA) is 49.7 Å². The van der Waals surface area contributed by atoms with Crippen LogP contribution in [0.3, 0.4) is 0 Å². The van der Waals surface area contributed by atoms with Gasteiger partial charge in [0, 0.05) is 0 Å². The summed E-state index contributed by atoms with van der Waals surface area (Å²) >= 11 is 0. The Morgan fingerprint density at radius 1 is 1.36 bits per heavy atom. The predicted molar refractivity (Wildman–Crippen MR) is 56.2 cm³/mol. The molecule has 0 bridgehead atoms. The van der Waals surface area contributed by atoms with Crippen LogP contribution in [0.15, 0.2) is 24.3 Å². The molecular formula is C10H15BO3. The lowest BCUT2D eigenvalue weighted by molar-refractivity contribution is 0.0657. The van der Waals surface area contributed by atoms with E-state index < -0.39 is 7.12 Å². The first-order valence-electron chi connectivity index (χ1n) is 4.66. The summed E-state index contributed by atoms with van der Waals surface area (Å²) in [4.78, 5) is 0. The highest BCUT2D eigenvalue weighted by Gasteiger charge is 2.10. The number of hydrogen-bond donors (Lipinski definition) is 2. The van der Waals surface area contributed by atoms with E-state index in [9.17, 15) is 0 Å². The molecule has 3 nitrogen and oxygen atoms in total. The van der Waals surface area contributed by atoms with E-state index in [0.29, 0.717) is 12.1 Å². The van der Waals surface area contributed by atoms with E-state index in [-0.39, 0.29) is 6.10 Å². The second-order valence-electron chi connectivity index (χ2n) is 3.48. The fraction of sp³-hybridized carbons (Fsp3) is 0.400. The molecule has 0 saturated heterocycles. The van der Waals surface area contributed by atoms with Gasteiger partial charge in [-0.15, -0.1) is 0 Å². The van der Waals surface area contributed by atoms with Crippen molar-refractivity contribution in [1.82, 2.24) is 0 Å². The van der Waals surface area contributed by atoms with Crippen LogP contribution in [0.25, 0.3) is 0 Å². The normalized spacial score (nSPS) is 10.6. The Hall–Kier alpha value is -0.835. The molecule has 0 fully saturated rings. The van der Waals surface area contributed by atoms with Crippen molar-refractivity contribution in [2.24, 2.45) is 0 Å². The third kappa shape index (κ3) is 3.50. The maximum atomic E-state index is 8.94. The molecule has 1 aromatic rings. The summed E-state index contributed by atoms with van der Waals surface area (Å²) in [6.45, 7) is 4.42. The summed E-state index contributed by atoms with van der Waals surface area (Å²) in [6, 6.07) is 7.08. The monoisotopic (exact) mass is 194 g/mol. The van der Waals surface area contributed by atoms with E-state index in [0.717, 1.165) is 5.56 Å². The fourth-order valence-electron chi connectivity index (χ4n) is 1.11. The first-order valence-corrected chi connectivity index (χ1v) is 4.66. The van der Waals surface area contributed by atoms with Gasteiger partial charge in [-0.25, -0.2) is 0 Å². The molecule has 0 spiro atoms. The van der Waals surface area contributed by atoms with Crippen molar-refractivity contribution in [3.8, 4) is 0 Å². The molecule has 2 N–H and O–H groups in total. The maximum Gasteiger partial charge on any atom is 0.488 e. The minimum Gasteiger partial charge on any atom is -0.423 e. The van der Waals surface area contributed by atoms with Gasteiger partial charge in [0.05, 0.1) is 12.7 Å². The van der Waals surface area contributed by atoms with Crippen molar-refractivity contribution in [3.05, 3.63) is 29.8 Å². The van der Waals surface area contributed by atoms with Gasteiger partial charge in [0.15, 0.2) is 0 Å². The first-order chi connectivity index (χ1) is 6.59. The van der Waals surface area contributed by atoms with Crippen LogP contribution in [0.4, 0.5) is 0 Å². The highest BCUT2D eigenvalue weighted by Crippen LogP contribution is 2.01.